The third-order valence-corrected chi connectivity index (χ3v) is 5.15. The van der Waals surface area contributed by atoms with Crippen LogP contribution in [0.2, 0.25) is 0 Å². The Morgan fingerprint density at radius 3 is 2.62 bits per heavy atom. The molecule has 0 aliphatic carbocycles. The van der Waals surface area contributed by atoms with E-state index in [0.29, 0.717) is 26.2 Å². The number of amides is 1. The fourth-order valence-electron chi connectivity index (χ4n) is 2.72. The molecule has 0 aromatic carbocycles. The molecule has 1 unspecified atom stereocenters. The highest BCUT2D eigenvalue weighted by Gasteiger charge is 2.45. The van der Waals surface area contributed by atoms with Crippen LogP contribution in [-0.2, 0) is 14.3 Å². The quantitative estimate of drug-likeness (QED) is 0.816. The maximum Gasteiger partial charge on any atom is 0.345 e. The van der Waals surface area contributed by atoms with E-state index in [1.54, 1.807) is 11.3 Å². The largest absolute Gasteiger partial charge is 0.479 e. The summed E-state index contributed by atoms with van der Waals surface area (Å²) < 4.78 is 4.95. The average Bonchev–Trinajstić information content (AvgIpc) is 3.09. The van der Waals surface area contributed by atoms with Crippen molar-refractivity contribution < 1.29 is 19.4 Å². The third kappa shape index (κ3) is 2.69. The minimum absolute atomic E-state index is 0.417. The Hall–Kier alpha value is -2.26. The molecule has 0 radical (unpaired) electrons. The summed E-state index contributed by atoms with van der Waals surface area (Å²) in [6, 6.07) is 1.99. The molecule has 8 nitrogen and oxygen atoms in total. The Labute approximate surface area is 142 Å². The first kappa shape index (κ1) is 16.6. The van der Waals surface area contributed by atoms with Gasteiger partial charge >= 0.3 is 5.97 Å². The number of nitrogens with zero attached hydrogens (tertiary/aromatic N) is 4. The van der Waals surface area contributed by atoms with Crippen molar-refractivity contribution in [2.24, 2.45) is 0 Å². The number of carbonyl (C=O) groups is 2. The van der Waals surface area contributed by atoms with Gasteiger partial charge in [-0.15, -0.1) is 11.3 Å². The van der Waals surface area contributed by atoms with Crippen LogP contribution < -0.4 is 4.90 Å². The molecule has 1 amide bonds. The predicted octanol–water partition coefficient (Wildman–Crippen LogP) is 0.830. The van der Waals surface area contributed by atoms with E-state index in [1.165, 1.54) is 25.3 Å². The highest BCUT2D eigenvalue weighted by molar-refractivity contribution is 7.16. The number of carboxylic acids is 1. The summed E-state index contributed by atoms with van der Waals surface area (Å²) in [5, 5.41) is 12.2. The molecule has 1 saturated heterocycles. The molecule has 1 atom stereocenters. The van der Waals surface area contributed by atoms with E-state index in [4.69, 9.17) is 4.74 Å². The van der Waals surface area contributed by atoms with E-state index >= 15 is 0 Å². The number of rotatable bonds is 4. The smallest absolute Gasteiger partial charge is 0.345 e. The maximum absolute atomic E-state index is 12.5. The Morgan fingerprint density at radius 2 is 2.00 bits per heavy atom. The number of hydrogen-bond donors (Lipinski definition) is 1. The van der Waals surface area contributed by atoms with Gasteiger partial charge in [-0.3, -0.25) is 4.79 Å². The van der Waals surface area contributed by atoms with E-state index < -0.39 is 17.5 Å². The normalized spacial score (nSPS) is 17.8. The second-order valence-electron chi connectivity index (χ2n) is 5.66. The molecule has 3 rings (SSSR count). The standard InChI is InChI=1S/C15H18N4O4S/c1-15(23-2,14(21)22)13(20)19-6-4-18(5-7-19)11-10-3-8-24-12(10)17-9-16-11/h3,8-9H,4-7H2,1-2H3,(H,21,22). The number of ether oxygens (including phenoxy) is 1. The topological polar surface area (TPSA) is 95.9 Å². The van der Waals surface area contributed by atoms with E-state index in [0.717, 1.165) is 16.0 Å². The summed E-state index contributed by atoms with van der Waals surface area (Å²) in [6.07, 6.45) is 1.54. The van der Waals surface area contributed by atoms with Crippen molar-refractivity contribution in [2.75, 3.05) is 38.2 Å². The van der Waals surface area contributed by atoms with Crippen molar-refractivity contribution in [2.45, 2.75) is 12.5 Å². The van der Waals surface area contributed by atoms with Crippen LogP contribution >= 0.6 is 11.3 Å². The SMILES string of the molecule is COC(C)(C(=O)O)C(=O)N1CCN(c2ncnc3sccc23)CC1. The number of methoxy groups -OCH3 is 1. The second kappa shape index (κ2) is 6.33. The summed E-state index contributed by atoms with van der Waals surface area (Å²) in [7, 11) is 1.23. The third-order valence-electron chi connectivity index (χ3n) is 4.33. The van der Waals surface area contributed by atoms with Crippen molar-refractivity contribution in [3.63, 3.8) is 0 Å². The number of carboxylic acid groups (broad SMARTS) is 1. The monoisotopic (exact) mass is 350 g/mol. The number of hydrogen-bond acceptors (Lipinski definition) is 7. The van der Waals surface area contributed by atoms with Crippen LogP contribution in [0.1, 0.15) is 6.92 Å². The zero-order valence-electron chi connectivity index (χ0n) is 13.4. The fourth-order valence-corrected chi connectivity index (χ4v) is 3.45. The number of thiophene rings is 1. The van der Waals surface area contributed by atoms with Gasteiger partial charge in [0, 0.05) is 33.3 Å². The van der Waals surface area contributed by atoms with Crippen LogP contribution in [0, 0.1) is 0 Å². The molecule has 24 heavy (non-hydrogen) atoms. The van der Waals surface area contributed by atoms with Crippen molar-refractivity contribution in [3.8, 4) is 0 Å². The lowest BCUT2D eigenvalue weighted by molar-refractivity contribution is -0.173. The van der Waals surface area contributed by atoms with Gasteiger partial charge in [0.1, 0.15) is 17.0 Å². The zero-order valence-corrected chi connectivity index (χ0v) is 14.2. The zero-order chi connectivity index (χ0) is 17.3. The molecular weight excluding hydrogens is 332 g/mol. The Bertz CT molecular complexity index is 772. The van der Waals surface area contributed by atoms with E-state index in [-0.39, 0.29) is 0 Å². The molecule has 1 fully saturated rings. The number of aliphatic carboxylic acids is 1. The summed E-state index contributed by atoms with van der Waals surface area (Å²) in [6.45, 7) is 3.27. The molecular formula is C15H18N4O4S. The van der Waals surface area contributed by atoms with Crippen LogP contribution in [-0.4, -0.2) is 70.7 Å². The van der Waals surface area contributed by atoms with E-state index in [9.17, 15) is 14.7 Å². The number of anilines is 1. The molecule has 0 saturated carbocycles. The molecule has 9 heteroatoms. The minimum atomic E-state index is -1.85. The Kier molecular flexibility index (Phi) is 4.37. The van der Waals surface area contributed by atoms with Gasteiger partial charge in [-0.1, -0.05) is 0 Å². The number of carbonyl (C=O) groups excluding carboxylic acids is 1. The molecule has 1 N–H and O–H groups in total. The molecule has 0 bridgehead atoms. The first-order valence-corrected chi connectivity index (χ1v) is 8.36. The molecule has 2 aromatic heterocycles. The first-order valence-electron chi connectivity index (χ1n) is 7.48. The Balaban J connectivity index is 1.73. The first-order chi connectivity index (χ1) is 11.5. The van der Waals surface area contributed by atoms with Crippen molar-refractivity contribution >= 4 is 39.2 Å². The van der Waals surface area contributed by atoms with Gasteiger partial charge in [-0.2, -0.15) is 0 Å². The second-order valence-corrected chi connectivity index (χ2v) is 6.55. The van der Waals surface area contributed by atoms with Crippen LogP contribution in [0.5, 0.6) is 0 Å². The van der Waals surface area contributed by atoms with Gasteiger partial charge in [0.25, 0.3) is 5.91 Å². The summed E-state index contributed by atoms with van der Waals surface area (Å²) in [4.78, 5) is 37.0. The van der Waals surface area contributed by atoms with Crippen LogP contribution in [0.3, 0.4) is 0 Å². The van der Waals surface area contributed by atoms with Gasteiger partial charge in [-0.25, -0.2) is 14.8 Å². The number of fused-ring (bicyclic) bond motifs is 1. The summed E-state index contributed by atoms with van der Waals surface area (Å²) >= 11 is 1.56. The lowest BCUT2D eigenvalue weighted by atomic mass is 10.0. The summed E-state index contributed by atoms with van der Waals surface area (Å²) in [5.74, 6) is -0.963. The molecule has 1 aliphatic heterocycles. The van der Waals surface area contributed by atoms with Gasteiger partial charge in [0.05, 0.1) is 5.39 Å². The van der Waals surface area contributed by atoms with Gasteiger partial charge in [-0.05, 0) is 18.4 Å². The van der Waals surface area contributed by atoms with Crippen molar-refractivity contribution in [3.05, 3.63) is 17.8 Å². The van der Waals surface area contributed by atoms with Crippen LogP contribution in [0.25, 0.3) is 10.2 Å². The van der Waals surface area contributed by atoms with Gasteiger partial charge in [0.2, 0.25) is 5.60 Å². The minimum Gasteiger partial charge on any atom is -0.479 e. The summed E-state index contributed by atoms with van der Waals surface area (Å²) in [5.41, 5.74) is -1.85. The van der Waals surface area contributed by atoms with Gasteiger partial charge < -0.3 is 19.6 Å². The molecule has 0 spiro atoms. The highest BCUT2D eigenvalue weighted by atomic mass is 32.1. The maximum atomic E-state index is 12.5. The lowest BCUT2D eigenvalue weighted by Gasteiger charge is -2.38. The highest BCUT2D eigenvalue weighted by Crippen LogP contribution is 2.27. The molecule has 3 heterocycles. The van der Waals surface area contributed by atoms with Crippen LogP contribution in [0.4, 0.5) is 5.82 Å². The predicted molar refractivity (Wildman–Crippen MR) is 89.3 cm³/mol. The fraction of sp³-hybridized carbons (Fsp3) is 0.467. The Morgan fingerprint density at radius 1 is 1.29 bits per heavy atom. The molecule has 1 aliphatic rings. The molecule has 128 valence electrons. The van der Waals surface area contributed by atoms with E-state index in [2.05, 4.69) is 14.9 Å². The van der Waals surface area contributed by atoms with Crippen molar-refractivity contribution in [1.29, 1.82) is 0 Å². The van der Waals surface area contributed by atoms with Crippen LogP contribution in [0.15, 0.2) is 17.8 Å². The number of aromatic nitrogens is 2. The number of piperazine rings is 1. The van der Waals surface area contributed by atoms with Crippen molar-refractivity contribution in [1.82, 2.24) is 14.9 Å². The average molecular weight is 350 g/mol. The van der Waals surface area contributed by atoms with E-state index in [1.807, 2.05) is 11.4 Å². The molecule has 2 aromatic rings. The van der Waals surface area contributed by atoms with Gasteiger partial charge in [0.15, 0.2) is 0 Å². The lowest BCUT2D eigenvalue weighted by Crippen LogP contribution is -2.58.